The maximum absolute atomic E-state index is 5.44. The first-order valence-electron chi connectivity index (χ1n) is 15.8. The van der Waals surface area contributed by atoms with E-state index in [1.165, 1.54) is 36.3 Å². The topological polar surface area (TPSA) is 38.7 Å². The Morgan fingerprint density at radius 2 is 1.00 bits per heavy atom. The van der Waals surface area contributed by atoms with Crippen molar-refractivity contribution in [2.45, 2.75) is 0 Å². The maximum atomic E-state index is 5.44. The molecule has 0 aliphatic heterocycles. The van der Waals surface area contributed by atoms with E-state index in [4.69, 9.17) is 15.0 Å². The minimum absolute atomic E-state index is 0.908. The predicted molar refractivity (Wildman–Crippen MR) is 199 cm³/mol. The van der Waals surface area contributed by atoms with Crippen molar-refractivity contribution < 1.29 is 0 Å². The van der Waals surface area contributed by atoms with Gasteiger partial charge in [0.15, 0.2) is 0 Å². The van der Waals surface area contributed by atoms with Crippen LogP contribution in [0.15, 0.2) is 152 Å². The van der Waals surface area contributed by atoms with Crippen LogP contribution >= 0.6 is 11.3 Å². The molecule has 4 heterocycles. The highest BCUT2D eigenvalue weighted by Gasteiger charge is 2.18. The second kappa shape index (κ2) is 10.3. The van der Waals surface area contributed by atoms with Crippen molar-refractivity contribution in [2.24, 2.45) is 0 Å². The highest BCUT2D eigenvalue weighted by atomic mass is 32.1. The lowest BCUT2D eigenvalue weighted by Crippen LogP contribution is -1.92. The molecule has 0 spiro atoms. The Morgan fingerprint density at radius 3 is 1.81 bits per heavy atom. The number of aromatic nitrogens is 3. The molecule has 0 atom stereocenters. The number of pyridine rings is 3. The average molecular weight is 616 g/mol. The van der Waals surface area contributed by atoms with E-state index in [9.17, 15) is 0 Å². The van der Waals surface area contributed by atoms with Gasteiger partial charge in [-0.3, -0.25) is 0 Å². The van der Waals surface area contributed by atoms with Gasteiger partial charge in [-0.25, -0.2) is 15.0 Å². The number of benzene rings is 6. The van der Waals surface area contributed by atoms with Crippen LogP contribution in [0.25, 0.3) is 97.4 Å². The van der Waals surface area contributed by atoms with E-state index in [0.29, 0.717) is 0 Å². The fourth-order valence-corrected chi connectivity index (χ4v) is 8.17. The average Bonchev–Trinajstić information content (AvgIpc) is 3.54. The minimum atomic E-state index is 0.908. The smallest absolute Gasteiger partial charge is 0.0972 e. The van der Waals surface area contributed by atoms with E-state index >= 15 is 0 Å². The Balaban J connectivity index is 1.19. The SMILES string of the molecule is c1ccc(-c2ccc3ccc4ccc(-c5cccc(-c6nc7c8ccccc8ccc7c7c6sc6ccccc67)c5)nc4c3n2)cc1. The molecular weight excluding hydrogens is 591 g/mol. The zero-order valence-corrected chi connectivity index (χ0v) is 26.0. The Hall–Kier alpha value is -5.97. The zero-order valence-electron chi connectivity index (χ0n) is 25.2. The van der Waals surface area contributed by atoms with Crippen molar-refractivity contribution in [3.8, 4) is 33.8 Å². The standard InChI is InChI=1S/C43H25N3S/c1-2-10-27(11-3-1)35-23-20-28-17-18-29-21-24-36(45-40(29)39(28)44-35)30-12-8-13-31(25-30)41-43-38(33-15-6-7-16-37(33)47-43)34-22-19-26-9-4-5-14-32(26)42(34)46-41/h1-25H. The van der Waals surface area contributed by atoms with E-state index in [1.54, 1.807) is 0 Å². The monoisotopic (exact) mass is 615 g/mol. The van der Waals surface area contributed by atoms with Gasteiger partial charge in [-0.2, -0.15) is 0 Å². The molecule has 3 nitrogen and oxygen atoms in total. The van der Waals surface area contributed by atoms with Crippen molar-refractivity contribution >= 4 is 75.0 Å². The molecule has 10 rings (SSSR count). The van der Waals surface area contributed by atoms with E-state index in [1.807, 2.05) is 29.5 Å². The van der Waals surface area contributed by atoms with Crippen molar-refractivity contribution in [3.05, 3.63) is 152 Å². The highest BCUT2D eigenvalue weighted by Crippen LogP contribution is 2.44. The lowest BCUT2D eigenvalue weighted by Gasteiger charge is -2.11. The van der Waals surface area contributed by atoms with Crippen LogP contribution in [-0.4, -0.2) is 15.0 Å². The van der Waals surface area contributed by atoms with Crippen LogP contribution in [0.4, 0.5) is 0 Å². The van der Waals surface area contributed by atoms with E-state index in [2.05, 4.69) is 133 Å². The van der Waals surface area contributed by atoms with Gasteiger partial charge in [-0.1, -0.05) is 127 Å². The Labute approximate surface area is 274 Å². The molecule has 0 aliphatic rings. The van der Waals surface area contributed by atoms with Gasteiger partial charge in [-0.15, -0.1) is 11.3 Å². The first-order chi connectivity index (χ1) is 23.3. The van der Waals surface area contributed by atoms with Crippen LogP contribution in [0.1, 0.15) is 0 Å². The first kappa shape index (κ1) is 26.3. The molecule has 4 aromatic heterocycles. The van der Waals surface area contributed by atoms with E-state index < -0.39 is 0 Å². The van der Waals surface area contributed by atoms with Gasteiger partial charge in [0.25, 0.3) is 0 Å². The lowest BCUT2D eigenvalue weighted by atomic mass is 9.98. The molecule has 0 aliphatic carbocycles. The summed E-state index contributed by atoms with van der Waals surface area (Å²) in [5.41, 5.74) is 8.95. The first-order valence-corrected chi connectivity index (χ1v) is 16.6. The molecular formula is C43H25N3S. The molecule has 6 aromatic carbocycles. The third kappa shape index (κ3) is 4.16. The van der Waals surface area contributed by atoms with Gasteiger partial charge < -0.3 is 0 Å². The van der Waals surface area contributed by atoms with Gasteiger partial charge in [0.2, 0.25) is 0 Å². The third-order valence-corrected chi connectivity index (χ3v) is 10.4. The van der Waals surface area contributed by atoms with Gasteiger partial charge in [-0.05, 0) is 29.7 Å². The van der Waals surface area contributed by atoms with Crippen LogP contribution < -0.4 is 0 Å². The molecule has 0 bridgehead atoms. The molecule has 0 amide bonds. The minimum Gasteiger partial charge on any atom is -0.246 e. The van der Waals surface area contributed by atoms with E-state index in [-0.39, 0.29) is 0 Å². The van der Waals surface area contributed by atoms with Crippen LogP contribution in [0, 0.1) is 0 Å². The fraction of sp³-hybridized carbons (Fsp3) is 0. The fourth-order valence-electron chi connectivity index (χ4n) is 6.94. The third-order valence-electron chi connectivity index (χ3n) is 9.23. The second-order valence-electron chi connectivity index (χ2n) is 12.0. The Bertz CT molecular complexity index is 2850. The number of thiophene rings is 1. The Morgan fingerprint density at radius 1 is 0.383 bits per heavy atom. The predicted octanol–water partition coefficient (Wildman–Crippen LogP) is 11.9. The molecule has 4 heteroatoms. The highest BCUT2D eigenvalue weighted by molar-refractivity contribution is 7.26. The van der Waals surface area contributed by atoms with Crippen molar-refractivity contribution in [2.75, 3.05) is 0 Å². The summed E-state index contributed by atoms with van der Waals surface area (Å²) in [5, 5.41) is 8.27. The quantitative estimate of drug-likeness (QED) is 0.186. The molecule has 218 valence electrons. The maximum Gasteiger partial charge on any atom is 0.0972 e. The van der Waals surface area contributed by atoms with Crippen molar-refractivity contribution in [1.29, 1.82) is 0 Å². The molecule has 10 aromatic rings. The van der Waals surface area contributed by atoms with Crippen LogP contribution in [0.2, 0.25) is 0 Å². The van der Waals surface area contributed by atoms with Gasteiger partial charge in [0.05, 0.1) is 38.3 Å². The summed E-state index contributed by atoms with van der Waals surface area (Å²) >= 11 is 1.82. The van der Waals surface area contributed by atoms with E-state index in [0.717, 1.165) is 61.1 Å². The normalized spacial score (nSPS) is 11.8. The summed E-state index contributed by atoms with van der Waals surface area (Å²) in [6.07, 6.45) is 0. The van der Waals surface area contributed by atoms with Crippen LogP contribution in [0.3, 0.4) is 0 Å². The summed E-state index contributed by atoms with van der Waals surface area (Å²) in [5.74, 6) is 0. The van der Waals surface area contributed by atoms with Crippen LogP contribution in [-0.2, 0) is 0 Å². The zero-order chi connectivity index (χ0) is 30.9. The number of nitrogens with zero attached hydrogens (tertiary/aromatic N) is 3. The van der Waals surface area contributed by atoms with Gasteiger partial charge in [0, 0.05) is 53.7 Å². The summed E-state index contributed by atoms with van der Waals surface area (Å²) in [7, 11) is 0. The molecule has 0 saturated carbocycles. The lowest BCUT2D eigenvalue weighted by molar-refractivity contribution is 1.36. The molecule has 0 unspecified atom stereocenters. The molecule has 0 radical (unpaired) electrons. The van der Waals surface area contributed by atoms with Gasteiger partial charge >= 0.3 is 0 Å². The molecule has 0 N–H and O–H groups in total. The van der Waals surface area contributed by atoms with Crippen molar-refractivity contribution in [1.82, 2.24) is 15.0 Å². The molecule has 0 fully saturated rings. The number of rotatable bonds is 3. The number of hydrogen-bond donors (Lipinski definition) is 0. The van der Waals surface area contributed by atoms with Gasteiger partial charge in [0.1, 0.15) is 0 Å². The summed E-state index contributed by atoms with van der Waals surface area (Å²) in [6, 6.07) is 53.5. The summed E-state index contributed by atoms with van der Waals surface area (Å²) in [4.78, 5) is 15.8. The number of fused-ring (bicyclic) bond motifs is 10. The largest absolute Gasteiger partial charge is 0.246 e. The second-order valence-corrected chi connectivity index (χ2v) is 13.0. The molecule has 47 heavy (non-hydrogen) atoms. The molecule has 0 saturated heterocycles. The summed E-state index contributed by atoms with van der Waals surface area (Å²) < 4.78 is 2.48. The van der Waals surface area contributed by atoms with Crippen LogP contribution in [0.5, 0.6) is 0 Å². The summed E-state index contributed by atoms with van der Waals surface area (Å²) in [6.45, 7) is 0. The number of hydrogen-bond acceptors (Lipinski definition) is 4. The Kier molecular flexibility index (Phi) is 5.74. The van der Waals surface area contributed by atoms with Crippen molar-refractivity contribution in [3.63, 3.8) is 0 Å².